The molecule has 4 amide bonds. The molecule has 1 aromatic heterocycles. The van der Waals surface area contributed by atoms with Crippen LogP contribution in [0.15, 0.2) is 60.8 Å². The zero-order valence-electron chi connectivity index (χ0n) is 23.3. The molecule has 0 radical (unpaired) electrons. The molecule has 3 aromatic rings. The number of rotatable bonds is 8. The second kappa shape index (κ2) is 11.7. The number of aromatic nitrogens is 1. The summed E-state index contributed by atoms with van der Waals surface area (Å²) in [7, 11) is 3.99. The Hall–Kier alpha value is -4.58. The van der Waals surface area contributed by atoms with E-state index in [0.29, 0.717) is 18.8 Å². The first kappa shape index (κ1) is 28.9. The minimum absolute atomic E-state index is 0.118. The number of likely N-dealkylation sites (N-methyl/N-ethyl adjacent to an activating group) is 1. The number of amides is 4. The van der Waals surface area contributed by atoms with Crippen molar-refractivity contribution in [1.29, 1.82) is 0 Å². The molecule has 1 aliphatic carbocycles. The number of hydrogen-bond donors (Lipinski definition) is 2. The maximum atomic E-state index is 15.5. The Kier molecular flexibility index (Phi) is 8.08. The van der Waals surface area contributed by atoms with E-state index in [9.17, 15) is 18.8 Å². The smallest absolute Gasteiger partial charge is 0.323 e. The van der Waals surface area contributed by atoms with Crippen LogP contribution in [0, 0.1) is 17.0 Å². The number of carbonyl (C=O) groups excluding carboxylic acids is 3. The van der Waals surface area contributed by atoms with Crippen LogP contribution in [0.1, 0.15) is 25.7 Å². The molecule has 5 rings (SSSR count). The summed E-state index contributed by atoms with van der Waals surface area (Å²) >= 11 is 0. The minimum atomic E-state index is -1.44. The number of anilines is 3. The number of nitrogens with one attached hydrogen (secondary N) is 1. The summed E-state index contributed by atoms with van der Waals surface area (Å²) in [5.74, 6) is -2.13. The van der Waals surface area contributed by atoms with Gasteiger partial charge < -0.3 is 20.3 Å². The fraction of sp³-hybridized carbons (Fsp3) is 0.333. The molecular formula is C30H32F2N6O4. The number of halogens is 2. The fourth-order valence-electron chi connectivity index (χ4n) is 5.02. The summed E-state index contributed by atoms with van der Waals surface area (Å²) < 4.78 is 35.0. The zero-order chi connectivity index (χ0) is 30.0. The number of pyridine rings is 1. The standard InChI is InChI=1S/C30H32F2N6O4/c1-36(2)21-4-3-15-37(18-21)29(41)35-26-17-23(11-14-34-26)42-22-9-10-25(24(32)16-22)38(20-7-5-19(31)6-8-20)28(40)30(12-13-30)27(33)39/h5-11,14,16-17,21H,3-4,12-13,15,18H2,1-2H3,(H2,33,39)(H,34,35,41). The molecule has 2 heterocycles. The number of piperidine rings is 1. The molecule has 220 valence electrons. The summed E-state index contributed by atoms with van der Waals surface area (Å²) in [6.07, 6.45) is 3.88. The van der Waals surface area contributed by atoms with Gasteiger partial charge in [0.15, 0.2) is 5.82 Å². The van der Waals surface area contributed by atoms with Crippen molar-refractivity contribution in [3.63, 3.8) is 0 Å². The third-order valence-electron chi connectivity index (χ3n) is 7.70. The number of nitrogens with two attached hydrogens (primary N) is 1. The molecule has 42 heavy (non-hydrogen) atoms. The molecule has 2 aromatic carbocycles. The van der Waals surface area contributed by atoms with Crippen molar-refractivity contribution in [3.05, 3.63) is 72.4 Å². The molecule has 0 bridgehead atoms. The van der Waals surface area contributed by atoms with Crippen LogP contribution in [0.4, 0.5) is 30.8 Å². The van der Waals surface area contributed by atoms with Gasteiger partial charge >= 0.3 is 6.03 Å². The van der Waals surface area contributed by atoms with Gasteiger partial charge in [0.1, 0.15) is 28.5 Å². The topological polar surface area (TPSA) is 121 Å². The van der Waals surface area contributed by atoms with Crippen LogP contribution >= 0.6 is 0 Å². The highest BCUT2D eigenvalue weighted by atomic mass is 19.1. The Labute approximate surface area is 242 Å². The monoisotopic (exact) mass is 578 g/mol. The maximum absolute atomic E-state index is 15.5. The highest BCUT2D eigenvalue weighted by Gasteiger charge is 2.57. The molecule has 12 heteroatoms. The zero-order valence-corrected chi connectivity index (χ0v) is 23.3. The molecule has 1 aliphatic heterocycles. The van der Waals surface area contributed by atoms with E-state index in [-0.39, 0.29) is 47.9 Å². The van der Waals surface area contributed by atoms with Crippen molar-refractivity contribution in [3.8, 4) is 11.5 Å². The number of ether oxygens (including phenoxy) is 1. The second-order valence-electron chi connectivity index (χ2n) is 10.8. The number of urea groups is 1. The number of likely N-dealkylation sites (tertiary alicyclic amines) is 1. The van der Waals surface area contributed by atoms with E-state index in [1.807, 2.05) is 14.1 Å². The molecule has 2 fully saturated rings. The van der Waals surface area contributed by atoms with Crippen LogP contribution in [0.2, 0.25) is 0 Å². The molecule has 2 aliphatic rings. The Morgan fingerprint density at radius 1 is 1.05 bits per heavy atom. The molecule has 1 atom stereocenters. The van der Waals surface area contributed by atoms with Gasteiger partial charge in [-0.1, -0.05) is 0 Å². The second-order valence-corrected chi connectivity index (χ2v) is 10.8. The summed E-state index contributed by atoms with van der Waals surface area (Å²) in [5, 5.41) is 2.79. The van der Waals surface area contributed by atoms with Gasteiger partial charge in [-0.2, -0.15) is 0 Å². The summed E-state index contributed by atoms with van der Waals surface area (Å²) in [6, 6.07) is 11.9. The fourth-order valence-corrected chi connectivity index (χ4v) is 5.02. The Bertz CT molecular complexity index is 1500. The van der Waals surface area contributed by atoms with Crippen LogP contribution < -0.4 is 20.7 Å². The van der Waals surface area contributed by atoms with Crippen LogP contribution in [-0.4, -0.2) is 65.9 Å². The Balaban J connectivity index is 1.33. The lowest BCUT2D eigenvalue weighted by Crippen LogP contribution is -2.48. The quantitative estimate of drug-likeness (QED) is 0.376. The third kappa shape index (κ3) is 6.03. The minimum Gasteiger partial charge on any atom is -0.457 e. The predicted octanol–water partition coefficient (Wildman–Crippen LogP) is 4.64. The van der Waals surface area contributed by atoms with Crippen molar-refractivity contribution in [2.45, 2.75) is 31.7 Å². The molecule has 1 saturated carbocycles. The highest BCUT2D eigenvalue weighted by Crippen LogP contribution is 2.49. The summed E-state index contributed by atoms with van der Waals surface area (Å²) in [4.78, 5) is 47.5. The molecule has 3 N–H and O–H groups in total. The average molecular weight is 579 g/mol. The van der Waals surface area contributed by atoms with E-state index in [4.69, 9.17) is 10.5 Å². The van der Waals surface area contributed by atoms with Gasteiger partial charge in [-0.25, -0.2) is 18.6 Å². The number of benzene rings is 2. The first-order valence-electron chi connectivity index (χ1n) is 13.6. The predicted molar refractivity (Wildman–Crippen MR) is 152 cm³/mol. The van der Waals surface area contributed by atoms with Crippen molar-refractivity contribution in [1.82, 2.24) is 14.8 Å². The number of primary amides is 1. The van der Waals surface area contributed by atoms with Crippen molar-refractivity contribution < 1.29 is 27.9 Å². The molecular weight excluding hydrogens is 546 g/mol. The van der Waals surface area contributed by atoms with Crippen molar-refractivity contribution in [2.75, 3.05) is 37.4 Å². The van der Waals surface area contributed by atoms with E-state index in [2.05, 4.69) is 15.2 Å². The van der Waals surface area contributed by atoms with Crippen molar-refractivity contribution in [2.24, 2.45) is 11.1 Å². The van der Waals surface area contributed by atoms with E-state index in [0.717, 1.165) is 35.9 Å². The molecule has 1 unspecified atom stereocenters. The Morgan fingerprint density at radius 2 is 1.76 bits per heavy atom. The van der Waals surface area contributed by atoms with Gasteiger partial charge in [0, 0.05) is 43.1 Å². The van der Waals surface area contributed by atoms with Gasteiger partial charge in [0.25, 0.3) is 0 Å². The van der Waals surface area contributed by atoms with Gasteiger partial charge in [-0.05, 0) is 82.2 Å². The first-order valence-corrected chi connectivity index (χ1v) is 13.6. The van der Waals surface area contributed by atoms with E-state index >= 15 is 4.39 Å². The lowest BCUT2D eigenvalue weighted by Gasteiger charge is -2.35. The average Bonchev–Trinajstić information content (AvgIpc) is 3.78. The largest absolute Gasteiger partial charge is 0.457 e. The van der Waals surface area contributed by atoms with Crippen LogP contribution in [0.5, 0.6) is 11.5 Å². The number of hydrogen-bond acceptors (Lipinski definition) is 6. The molecule has 10 nitrogen and oxygen atoms in total. The lowest BCUT2D eigenvalue weighted by molar-refractivity contribution is -0.133. The van der Waals surface area contributed by atoms with E-state index < -0.39 is 28.9 Å². The van der Waals surface area contributed by atoms with Crippen LogP contribution in [0.3, 0.4) is 0 Å². The van der Waals surface area contributed by atoms with E-state index in [1.165, 1.54) is 36.5 Å². The van der Waals surface area contributed by atoms with Crippen LogP contribution in [-0.2, 0) is 9.59 Å². The van der Waals surface area contributed by atoms with Crippen molar-refractivity contribution >= 4 is 35.0 Å². The highest BCUT2D eigenvalue weighted by molar-refractivity contribution is 6.16. The molecule has 1 saturated heterocycles. The van der Waals surface area contributed by atoms with Gasteiger partial charge in [0.2, 0.25) is 11.8 Å². The normalized spacial score (nSPS) is 17.5. The number of nitrogens with zero attached hydrogens (tertiary/aromatic N) is 4. The van der Waals surface area contributed by atoms with Crippen LogP contribution in [0.25, 0.3) is 0 Å². The Morgan fingerprint density at radius 3 is 2.40 bits per heavy atom. The lowest BCUT2D eigenvalue weighted by atomic mass is 10.0. The summed E-state index contributed by atoms with van der Waals surface area (Å²) in [5.41, 5.74) is 4.11. The SMILES string of the molecule is CN(C)C1CCCN(C(=O)Nc2cc(Oc3ccc(N(C(=O)C4(C(N)=O)CC4)c4ccc(F)cc4)c(F)c3)ccn2)C1. The van der Waals surface area contributed by atoms with E-state index in [1.54, 1.807) is 11.0 Å². The van der Waals surface area contributed by atoms with Gasteiger partial charge in [-0.3, -0.25) is 19.8 Å². The first-order chi connectivity index (χ1) is 20.1. The van der Waals surface area contributed by atoms with Gasteiger partial charge in [-0.15, -0.1) is 0 Å². The number of carbonyl (C=O) groups is 3. The maximum Gasteiger partial charge on any atom is 0.323 e. The molecule has 0 spiro atoms. The third-order valence-corrected chi connectivity index (χ3v) is 7.70. The summed E-state index contributed by atoms with van der Waals surface area (Å²) in [6.45, 7) is 1.26. The van der Waals surface area contributed by atoms with Gasteiger partial charge in [0.05, 0.1) is 5.69 Å².